The van der Waals surface area contributed by atoms with Crippen LogP contribution in [0.25, 0.3) is 0 Å². The molecule has 0 aromatic heterocycles. The molecule has 0 saturated heterocycles. The van der Waals surface area contributed by atoms with E-state index in [1.807, 2.05) is 13.0 Å². The molecule has 0 heterocycles. The molecule has 0 radical (unpaired) electrons. The Morgan fingerprint density at radius 1 is 1.53 bits per heavy atom. The van der Waals surface area contributed by atoms with Crippen molar-refractivity contribution in [1.82, 2.24) is 0 Å². The zero-order valence-corrected chi connectivity index (χ0v) is 8.59. The van der Waals surface area contributed by atoms with Gasteiger partial charge in [0.2, 0.25) is 0 Å². The molecule has 0 amide bonds. The largest absolute Gasteiger partial charge is 0.481 e. The molecule has 1 aliphatic carbocycles. The second kappa shape index (κ2) is 3.33. The molecule has 3 heteroatoms. The number of carboxylic acids is 1. The molecular formula is C12H13FO2. The first kappa shape index (κ1) is 10.1. The highest BCUT2D eigenvalue weighted by Crippen LogP contribution is 2.51. The van der Waals surface area contributed by atoms with Gasteiger partial charge in [-0.15, -0.1) is 0 Å². The molecule has 2 nitrogen and oxygen atoms in total. The number of benzene rings is 1. The Hall–Kier alpha value is -1.38. The van der Waals surface area contributed by atoms with E-state index in [1.165, 1.54) is 6.07 Å². The van der Waals surface area contributed by atoms with Crippen LogP contribution in [0.15, 0.2) is 18.2 Å². The van der Waals surface area contributed by atoms with Crippen LogP contribution in [0.5, 0.6) is 0 Å². The Kier molecular flexibility index (Phi) is 2.25. The third-order valence-electron chi connectivity index (χ3n) is 3.04. The van der Waals surface area contributed by atoms with Gasteiger partial charge in [0.05, 0.1) is 6.42 Å². The highest BCUT2D eigenvalue weighted by atomic mass is 19.1. The van der Waals surface area contributed by atoms with Gasteiger partial charge in [0.15, 0.2) is 0 Å². The summed E-state index contributed by atoms with van der Waals surface area (Å²) in [6.45, 7) is 1.82. The van der Waals surface area contributed by atoms with Crippen LogP contribution in [0.1, 0.15) is 30.4 Å². The van der Waals surface area contributed by atoms with Crippen LogP contribution in [-0.2, 0) is 10.2 Å². The minimum Gasteiger partial charge on any atom is -0.481 e. The van der Waals surface area contributed by atoms with E-state index in [0.29, 0.717) is 5.56 Å². The summed E-state index contributed by atoms with van der Waals surface area (Å²) in [6.07, 6.45) is 1.59. The van der Waals surface area contributed by atoms with Crippen molar-refractivity contribution in [2.24, 2.45) is 0 Å². The van der Waals surface area contributed by atoms with E-state index in [2.05, 4.69) is 0 Å². The summed E-state index contributed by atoms with van der Waals surface area (Å²) in [4.78, 5) is 10.7. The van der Waals surface area contributed by atoms with Gasteiger partial charge < -0.3 is 5.11 Å². The third-order valence-corrected chi connectivity index (χ3v) is 3.04. The average molecular weight is 208 g/mol. The van der Waals surface area contributed by atoms with Gasteiger partial charge in [-0.25, -0.2) is 4.39 Å². The third kappa shape index (κ3) is 1.87. The van der Waals surface area contributed by atoms with Crippen molar-refractivity contribution < 1.29 is 14.3 Å². The quantitative estimate of drug-likeness (QED) is 0.829. The normalized spacial score (nSPS) is 17.5. The first-order valence-corrected chi connectivity index (χ1v) is 5.02. The lowest BCUT2D eigenvalue weighted by Crippen LogP contribution is -2.14. The van der Waals surface area contributed by atoms with E-state index in [-0.39, 0.29) is 12.2 Å². The van der Waals surface area contributed by atoms with Crippen LogP contribution in [0, 0.1) is 12.7 Å². The predicted molar refractivity (Wildman–Crippen MR) is 54.3 cm³/mol. The van der Waals surface area contributed by atoms with Crippen LogP contribution in [0.3, 0.4) is 0 Å². The SMILES string of the molecule is Cc1ccc(C2(CC(=O)O)CC2)c(F)c1. The molecule has 0 unspecified atom stereocenters. The Labute approximate surface area is 87.7 Å². The minimum atomic E-state index is -0.854. The molecular weight excluding hydrogens is 195 g/mol. The number of carboxylic acid groups (broad SMARTS) is 1. The Morgan fingerprint density at radius 2 is 2.20 bits per heavy atom. The van der Waals surface area contributed by atoms with E-state index in [9.17, 15) is 9.18 Å². The number of aryl methyl sites for hydroxylation is 1. The molecule has 1 aromatic carbocycles. The molecule has 1 N–H and O–H groups in total. The van der Waals surface area contributed by atoms with Gasteiger partial charge >= 0.3 is 5.97 Å². The van der Waals surface area contributed by atoms with Crippen LogP contribution in [-0.4, -0.2) is 11.1 Å². The lowest BCUT2D eigenvalue weighted by molar-refractivity contribution is -0.137. The molecule has 2 rings (SSSR count). The van der Waals surface area contributed by atoms with Crippen molar-refractivity contribution in [2.75, 3.05) is 0 Å². The standard InChI is InChI=1S/C12H13FO2/c1-8-2-3-9(10(13)6-8)12(4-5-12)7-11(14)15/h2-3,6H,4-5,7H2,1H3,(H,14,15). The summed E-state index contributed by atoms with van der Waals surface area (Å²) in [5, 5.41) is 8.77. The monoisotopic (exact) mass is 208 g/mol. The minimum absolute atomic E-state index is 0.0347. The van der Waals surface area contributed by atoms with Gasteiger partial charge in [0.1, 0.15) is 5.82 Å². The van der Waals surface area contributed by atoms with Crippen molar-refractivity contribution in [3.05, 3.63) is 35.1 Å². The lowest BCUT2D eigenvalue weighted by Gasteiger charge is -2.14. The van der Waals surface area contributed by atoms with Crippen molar-refractivity contribution in [2.45, 2.75) is 31.6 Å². The number of hydrogen-bond acceptors (Lipinski definition) is 1. The Morgan fingerprint density at radius 3 is 2.67 bits per heavy atom. The summed E-state index contributed by atoms with van der Waals surface area (Å²) in [5.74, 6) is -1.12. The van der Waals surface area contributed by atoms with Gasteiger partial charge in [-0.2, -0.15) is 0 Å². The number of carbonyl (C=O) groups is 1. The second-order valence-electron chi connectivity index (χ2n) is 4.33. The van der Waals surface area contributed by atoms with Crippen LogP contribution in [0.2, 0.25) is 0 Å². The number of halogens is 1. The van der Waals surface area contributed by atoms with Gasteiger partial charge in [-0.05, 0) is 37.0 Å². The highest BCUT2D eigenvalue weighted by molar-refractivity contribution is 5.70. The first-order valence-electron chi connectivity index (χ1n) is 5.02. The van der Waals surface area contributed by atoms with E-state index in [0.717, 1.165) is 18.4 Å². The molecule has 1 fully saturated rings. The summed E-state index contributed by atoms with van der Waals surface area (Å²) >= 11 is 0. The fraction of sp³-hybridized carbons (Fsp3) is 0.417. The Balaban J connectivity index is 2.33. The molecule has 1 aliphatic rings. The van der Waals surface area contributed by atoms with Crippen LogP contribution < -0.4 is 0 Å². The van der Waals surface area contributed by atoms with E-state index in [1.54, 1.807) is 6.07 Å². The van der Waals surface area contributed by atoms with Gasteiger partial charge in [0, 0.05) is 5.41 Å². The number of rotatable bonds is 3. The fourth-order valence-corrected chi connectivity index (χ4v) is 2.03. The molecule has 15 heavy (non-hydrogen) atoms. The first-order chi connectivity index (χ1) is 7.03. The maximum atomic E-state index is 13.6. The molecule has 0 atom stereocenters. The smallest absolute Gasteiger partial charge is 0.304 e. The molecule has 80 valence electrons. The van der Waals surface area contributed by atoms with Crippen LogP contribution in [0.4, 0.5) is 4.39 Å². The Bertz CT molecular complexity index is 408. The molecule has 1 aromatic rings. The molecule has 1 saturated carbocycles. The number of aliphatic carboxylic acids is 1. The molecule has 0 aliphatic heterocycles. The van der Waals surface area contributed by atoms with Crippen LogP contribution >= 0.6 is 0 Å². The summed E-state index contributed by atoms with van der Waals surface area (Å²) in [7, 11) is 0. The maximum Gasteiger partial charge on any atom is 0.304 e. The van der Waals surface area contributed by atoms with Crippen molar-refractivity contribution >= 4 is 5.97 Å². The zero-order chi connectivity index (χ0) is 11.1. The highest BCUT2D eigenvalue weighted by Gasteiger charge is 2.47. The van der Waals surface area contributed by atoms with Gasteiger partial charge in [-0.1, -0.05) is 12.1 Å². The van der Waals surface area contributed by atoms with Gasteiger partial charge in [0.25, 0.3) is 0 Å². The summed E-state index contributed by atoms with van der Waals surface area (Å²) in [6, 6.07) is 5.03. The molecule has 0 spiro atoms. The summed E-state index contributed by atoms with van der Waals surface area (Å²) in [5.41, 5.74) is 1.00. The number of hydrogen-bond donors (Lipinski definition) is 1. The second-order valence-corrected chi connectivity index (χ2v) is 4.33. The fourth-order valence-electron chi connectivity index (χ4n) is 2.03. The topological polar surface area (TPSA) is 37.3 Å². The van der Waals surface area contributed by atoms with E-state index < -0.39 is 11.4 Å². The molecule has 0 bridgehead atoms. The zero-order valence-electron chi connectivity index (χ0n) is 8.59. The van der Waals surface area contributed by atoms with E-state index >= 15 is 0 Å². The van der Waals surface area contributed by atoms with Crippen molar-refractivity contribution in [3.63, 3.8) is 0 Å². The van der Waals surface area contributed by atoms with E-state index in [4.69, 9.17) is 5.11 Å². The predicted octanol–water partition coefficient (Wildman–Crippen LogP) is 2.64. The van der Waals surface area contributed by atoms with Crippen molar-refractivity contribution in [3.8, 4) is 0 Å². The van der Waals surface area contributed by atoms with Gasteiger partial charge in [-0.3, -0.25) is 4.79 Å². The van der Waals surface area contributed by atoms with Crippen molar-refractivity contribution in [1.29, 1.82) is 0 Å². The maximum absolute atomic E-state index is 13.6. The summed E-state index contributed by atoms with van der Waals surface area (Å²) < 4.78 is 13.6. The lowest BCUT2D eigenvalue weighted by atomic mass is 9.91. The average Bonchev–Trinajstić information content (AvgIpc) is 2.83.